The molecule has 78 valence electrons. The van der Waals surface area contributed by atoms with Crippen LogP contribution < -0.4 is 0 Å². The van der Waals surface area contributed by atoms with Crippen molar-refractivity contribution in [3.63, 3.8) is 0 Å². The summed E-state index contributed by atoms with van der Waals surface area (Å²) < 4.78 is 4.68. The molecule has 15 heavy (non-hydrogen) atoms. The van der Waals surface area contributed by atoms with E-state index in [-0.39, 0.29) is 5.97 Å². The summed E-state index contributed by atoms with van der Waals surface area (Å²) >= 11 is 3.22. The first-order chi connectivity index (χ1) is 7.19. The van der Waals surface area contributed by atoms with Gasteiger partial charge in [-0.15, -0.1) is 0 Å². The Labute approximate surface area is 97.8 Å². The van der Waals surface area contributed by atoms with Gasteiger partial charge in [0.2, 0.25) is 0 Å². The first kappa shape index (κ1) is 11.8. The van der Waals surface area contributed by atoms with Crippen LogP contribution >= 0.6 is 15.9 Å². The van der Waals surface area contributed by atoms with Crippen LogP contribution in [-0.2, 0) is 4.74 Å². The molecule has 0 unspecified atom stereocenters. The highest BCUT2D eigenvalue weighted by Gasteiger charge is 2.08. The van der Waals surface area contributed by atoms with Crippen LogP contribution in [0.15, 0.2) is 18.2 Å². The number of methoxy groups -OCH3 is 1. The van der Waals surface area contributed by atoms with Gasteiger partial charge in [-0.05, 0) is 24.6 Å². The Bertz CT molecular complexity index is 427. The minimum absolute atomic E-state index is 0.324. The molecule has 0 aliphatic rings. The predicted octanol–water partition coefficient (Wildman–Crippen LogP) is 2.53. The van der Waals surface area contributed by atoms with E-state index in [9.17, 15) is 4.79 Å². The maximum atomic E-state index is 11.4. The summed E-state index contributed by atoms with van der Waals surface area (Å²) in [5.41, 5.74) is 2.28. The van der Waals surface area contributed by atoms with E-state index in [1.165, 1.54) is 7.11 Å². The number of esters is 1. The molecule has 3 heteroatoms. The van der Waals surface area contributed by atoms with Gasteiger partial charge in [-0.25, -0.2) is 4.79 Å². The van der Waals surface area contributed by atoms with Crippen molar-refractivity contribution in [3.05, 3.63) is 34.9 Å². The van der Waals surface area contributed by atoms with Crippen LogP contribution in [0, 0.1) is 18.8 Å². The highest BCUT2D eigenvalue weighted by atomic mass is 79.9. The summed E-state index contributed by atoms with van der Waals surface area (Å²) in [6.45, 7) is 1.87. The van der Waals surface area contributed by atoms with E-state index in [0.29, 0.717) is 10.9 Å². The van der Waals surface area contributed by atoms with E-state index in [4.69, 9.17) is 0 Å². The molecule has 2 nitrogen and oxygen atoms in total. The van der Waals surface area contributed by atoms with Crippen molar-refractivity contribution in [2.45, 2.75) is 6.92 Å². The number of benzene rings is 1. The molecule has 0 N–H and O–H groups in total. The number of halogens is 1. The zero-order valence-corrected chi connectivity index (χ0v) is 10.2. The van der Waals surface area contributed by atoms with Gasteiger partial charge < -0.3 is 4.74 Å². The normalized spacial score (nSPS) is 9.00. The molecule has 0 aliphatic carbocycles. The number of hydrogen-bond acceptors (Lipinski definition) is 2. The molecule has 1 aromatic carbocycles. The van der Waals surface area contributed by atoms with Gasteiger partial charge in [-0.3, -0.25) is 0 Å². The number of rotatable bonds is 1. The van der Waals surface area contributed by atoms with E-state index in [2.05, 4.69) is 32.5 Å². The van der Waals surface area contributed by atoms with Gasteiger partial charge in [0.15, 0.2) is 0 Å². The number of hydrogen-bond donors (Lipinski definition) is 0. The van der Waals surface area contributed by atoms with E-state index in [0.717, 1.165) is 11.1 Å². The molecule has 0 spiro atoms. The van der Waals surface area contributed by atoms with Crippen LogP contribution in [0.25, 0.3) is 0 Å². The molecule has 0 aliphatic heterocycles. The third-order valence-corrected chi connectivity index (χ3v) is 2.22. The number of carbonyl (C=O) groups excluding carboxylic acids is 1. The molecule has 0 atom stereocenters. The molecule has 0 radical (unpaired) electrons. The molecule has 0 bridgehead atoms. The van der Waals surface area contributed by atoms with Crippen molar-refractivity contribution < 1.29 is 9.53 Å². The Hall–Kier alpha value is -1.27. The monoisotopic (exact) mass is 266 g/mol. The van der Waals surface area contributed by atoms with Crippen molar-refractivity contribution in [2.24, 2.45) is 0 Å². The highest BCUT2D eigenvalue weighted by Crippen LogP contribution is 2.11. The second kappa shape index (κ2) is 5.57. The Morgan fingerprint density at radius 2 is 2.27 bits per heavy atom. The lowest BCUT2D eigenvalue weighted by atomic mass is 10.1. The predicted molar refractivity (Wildman–Crippen MR) is 63.2 cm³/mol. The molecule has 1 aromatic rings. The number of ether oxygens (including phenoxy) is 1. The summed E-state index contributed by atoms with van der Waals surface area (Å²) in [6.07, 6.45) is 0. The van der Waals surface area contributed by atoms with Crippen molar-refractivity contribution >= 4 is 21.9 Å². The molecule has 1 rings (SSSR count). The van der Waals surface area contributed by atoms with E-state index >= 15 is 0 Å². The highest BCUT2D eigenvalue weighted by molar-refractivity contribution is 9.09. The number of alkyl halides is 1. The summed E-state index contributed by atoms with van der Waals surface area (Å²) in [6, 6.07) is 5.50. The molecule has 0 saturated carbocycles. The van der Waals surface area contributed by atoms with E-state index in [1.54, 1.807) is 6.07 Å². The Morgan fingerprint density at radius 1 is 1.53 bits per heavy atom. The van der Waals surface area contributed by atoms with Gasteiger partial charge in [-0.1, -0.05) is 33.8 Å². The molecular weight excluding hydrogens is 256 g/mol. The molecular formula is C12H11BrO2. The standard InChI is InChI=1S/C12H11BrO2/c1-9-5-6-10(4-3-7-13)8-11(9)12(14)15-2/h5-6,8H,7H2,1-2H3. The van der Waals surface area contributed by atoms with Crippen molar-refractivity contribution in [2.75, 3.05) is 12.4 Å². The van der Waals surface area contributed by atoms with Crippen LogP contribution in [-0.4, -0.2) is 18.4 Å². The van der Waals surface area contributed by atoms with Crippen LogP contribution in [0.5, 0.6) is 0 Å². The average Bonchev–Trinajstić information content (AvgIpc) is 2.27. The van der Waals surface area contributed by atoms with Crippen molar-refractivity contribution in [1.82, 2.24) is 0 Å². The van der Waals surface area contributed by atoms with Gasteiger partial charge >= 0.3 is 5.97 Å². The SMILES string of the molecule is COC(=O)c1cc(C#CCBr)ccc1C. The summed E-state index contributed by atoms with van der Waals surface area (Å²) in [4.78, 5) is 11.4. The fourth-order valence-corrected chi connectivity index (χ4v) is 1.31. The summed E-state index contributed by atoms with van der Waals surface area (Å²) in [5, 5.41) is 0.619. The van der Waals surface area contributed by atoms with Crippen LogP contribution in [0.4, 0.5) is 0 Å². The van der Waals surface area contributed by atoms with Crippen LogP contribution in [0.1, 0.15) is 21.5 Å². The maximum absolute atomic E-state index is 11.4. The first-order valence-corrected chi connectivity index (χ1v) is 5.55. The number of carbonyl (C=O) groups is 1. The lowest BCUT2D eigenvalue weighted by molar-refractivity contribution is 0.0600. The Morgan fingerprint density at radius 3 is 2.87 bits per heavy atom. The Kier molecular flexibility index (Phi) is 4.38. The van der Waals surface area contributed by atoms with Crippen LogP contribution in [0.3, 0.4) is 0 Å². The first-order valence-electron chi connectivity index (χ1n) is 4.43. The smallest absolute Gasteiger partial charge is 0.338 e. The third kappa shape index (κ3) is 3.10. The average molecular weight is 267 g/mol. The van der Waals surface area contributed by atoms with Crippen molar-refractivity contribution in [1.29, 1.82) is 0 Å². The fraction of sp³-hybridized carbons (Fsp3) is 0.250. The van der Waals surface area contributed by atoms with E-state index < -0.39 is 0 Å². The fourth-order valence-electron chi connectivity index (χ4n) is 1.17. The maximum Gasteiger partial charge on any atom is 0.338 e. The lowest BCUT2D eigenvalue weighted by Crippen LogP contribution is -2.03. The topological polar surface area (TPSA) is 26.3 Å². The third-order valence-electron chi connectivity index (χ3n) is 1.94. The zero-order chi connectivity index (χ0) is 11.3. The summed E-state index contributed by atoms with van der Waals surface area (Å²) in [5.74, 6) is 5.49. The van der Waals surface area contributed by atoms with Gasteiger partial charge in [0, 0.05) is 5.56 Å². The quantitative estimate of drug-likeness (QED) is 0.444. The molecule has 0 fully saturated rings. The lowest BCUT2D eigenvalue weighted by Gasteiger charge is -2.03. The molecule has 0 amide bonds. The Balaban J connectivity index is 3.10. The minimum Gasteiger partial charge on any atom is -0.465 e. The zero-order valence-electron chi connectivity index (χ0n) is 8.63. The van der Waals surface area contributed by atoms with Gasteiger partial charge in [0.1, 0.15) is 0 Å². The second-order valence-electron chi connectivity index (χ2n) is 2.96. The molecule has 0 aromatic heterocycles. The molecule has 0 heterocycles. The van der Waals surface area contributed by atoms with Gasteiger partial charge in [-0.2, -0.15) is 0 Å². The van der Waals surface area contributed by atoms with Gasteiger partial charge in [0.05, 0.1) is 18.0 Å². The largest absolute Gasteiger partial charge is 0.465 e. The summed E-state index contributed by atoms with van der Waals surface area (Å²) in [7, 11) is 1.37. The minimum atomic E-state index is -0.324. The van der Waals surface area contributed by atoms with Crippen LogP contribution in [0.2, 0.25) is 0 Å². The molecule has 0 saturated heterocycles. The number of aryl methyl sites for hydroxylation is 1. The van der Waals surface area contributed by atoms with Gasteiger partial charge in [0.25, 0.3) is 0 Å². The second-order valence-corrected chi connectivity index (χ2v) is 3.52. The van der Waals surface area contributed by atoms with Crippen molar-refractivity contribution in [3.8, 4) is 11.8 Å². The van der Waals surface area contributed by atoms with E-state index in [1.807, 2.05) is 19.1 Å².